The van der Waals surface area contributed by atoms with Gasteiger partial charge in [0.05, 0.1) is 22.3 Å². The zero-order chi connectivity index (χ0) is 14.1. The highest BCUT2D eigenvalue weighted by Crippen LogP contribution is 2.41. The lowest BCUT2D eigenvalue weighted by Crippen LogP contribution is -2.26. The Kier molecular flexibility index (Phi) is 4.67. The van der Waals surface area contributed by atoms with Crippen LogP contribution < -0.4 is 5.32 Å². The number of rotatable bonds is 2. The Balaban J connectivity index is 1.79. The summed E-state index contributed by atoms with van der Waals surface area (Å²) in [7, 11) is 0. The van der Waals surface area contributed by atoms with E-state index in [1.807, 2.05) is 6.07 Å². The maximum atomic E-state index is 6.27. The first-order valence-electron chi connectivity index (χ1n) is 6.02. The molecule has 3 rings (SSSR count). The maximum absolute atomic E-state index is 6.27. The molecule has 1 aliphatic rings. The Morgan fingerprint density at radius 3 is 2.90 bits per heavy atom. The van der Waals surface area contributed by atoms with Crippen molar-refractivity contribution in [1.82, 2.24) is 4.31 Å². The van der Waals surface area contributed by atoms with Gasteiger partial charge in [0.2, 0.25) is 0 Å². The lowest BCUT2D eigenvalue weighted by molar-refractivity contribution is 0.493. The number of fused-ring (bicyclic) bond motifs is 1. The van der Waals surface area contributed by atoms with Crippen LogP contribution in [0.2, 0.25) is 10.0 Å². The zero-order valence-corrected chi connectivity index (χ0v) is 14.9. The molecule has 6 heteroatoms. The Morgan fingerprint density at radius 2 is 2.10 bits per heavy atom. The fourth-order valence-corrected chi connectivity index (χ4v) is 4.23. The van der Waals surface area contributed by atoms with Crippen LogP contribution in [0.3, 0.4) is 0 Å². The van der Waals surface area contributed by atoms with E-state index in [-0.39, 0.29) is 0 Å². The minimum atomic E-state index is 0.660. The van der Waals surface area contributed by atoms with Gasteiger partial charge in [-0.05, 0) is 64.4 Å². The molecule has 1 N–H and O–H groups in total. The van der Waals surface area contributed by atoms with Crippen molar-refractivity contribution in [2.24, 2.45) is 0 Å². The van der Waals surface area contributed by atoms with Crippen LogP contribution in [0.1, 0.15) is 5.56 Å². The summed E-state index contributed by atoms with van der Waals surface area (Å²) in [5, 5.41) is 4.72. The summed E-state index contributed by atoms with van der Waals surface area (Å²) < 4.78 is 3.49. The third kappa shape index (κ3) is 3.36. The molecule has 0 saturated carbocycles. The average molecular weight is 437 g/mol. The number of hydrogen-bond acceptors (Lipinski definition) is 3. The largest absolute Gasteiger partial charge is 0.370 e. The number of halogens is 3. The van der Waals surface area contributed by atoms with E-state index in [0.29, 0.717) is 10.0 Å². The molecule has 0 aliphatic carbocycles. The summed E-state index contributed by atoms with van der Waals surface area (Å²) in [4.78, 5) is 1.04. The number of hydrogen-bond donors (Lipinski definition) is 1. The highest BCUT2D eigenvalue weighted by atomic mass is 127. The van der Waals surface area contributed by atoms with Gasteiger partial charge >= 0.3 is 0 Å². The summed E-state index contributed by atoms with van der Waals surface area (Å²) >= 11 is 16.3. The van der Waals surface area contributed by atoms with Gasteiger partial charge in [0.25, 0.3) is 0 Å². The quantitative estimate of drug-likeness (QED) is 0.494. The highest BCUT2D eigenvalue weighted by molar-refractivity contribution is 14.1. The number of anilines is 1. The van der Waals surface area contributed by atoms with Crippen LogP contribution in [0.5, 0.6) is 0 Å². The predicted octanol–water partition coefficient (Wildman–Crippen LogP) is 5.49. The minimum Gasteiger partial charge on any atom is -0.370 e. The molecule has 0 radical (unpaired) electrons. The summed E-state index contributed by atoms with van der Waals surface area (Å²) in [6.45, 7) is 1.63. The summed E-state index contributed by atoms with van der Waals surface area (Å²) in [5.74, 6) is 0. The number of nitrogens with one attached hydrogen (secondary N) is 1. The molecule has 20 heavy (non-hydrogen) atoms. The molecular weight excluding hydrogens is 426 g/mol. The topological polar surface area (TPSA) is 15.3 Å². The van der Waals surface area contributed by atoms with Crippen molar-refractivity contribution < 1.29 is 0 Å². The van der Waals surface area contributed by atoms with E-state index in [9.17, 15) is 0 Å². The fourth-order valence-electron chi connectivity index (χ4n) is 2.05. The molecule has 2 nitrogen and oxygen atoms in total. The molecule has 0 aromatic heterocycles. The molecule has 2 aromatic rings. The Labute approximate surface area is 146 Å². The van der Waals surface area contributed by atoms with Gasteiger partial charge in [-0.25, -0.2) is 4.31 Å². The summed E-state index contributed by atoms with van der Waals surface area (Å²) in [5.41, 5.74) is 2.30. The Morgan fingerprint density at radius 1 is 1.25 bits per heavy atom. The van der Waals surface area contributed by atoms with Gasteiger partial charge in [-0.2, -0.15) is 0 Å². The van der Waals surface area contributed by atoms with Gasteiger partial charge < -0.3 is 5.32 Å². The van der Waals surface area contributed by atoms with Crippen LogP contribution in [-0.4, -0.2) is 11.0 Å². The zero-order valence-electron chi connectivity index (χ0n) is 10.4. The van der Waals surface area contributed by atoms with Gasteiger partial charge in [-0.3, -0.25) is 0 Å². The van der Waals surface area contributed by atoms with E-state index < -0.39 is 0 Å². The van der Waals surface area contributed by atoms with E-state index >= 15 is 0 Å². The SMILES string of the molecule is Clc1cc(Cl)c2c(c1)NCN(Cc1cccc(I)c1)S2. The van der Waals surface area contributed by atoms with Crippen LogP contribution in [0.15, 0.2) is 41.3 Å². The first-order valence-corrected chi connectivity index (χ1v) is 8.63. The second-order valence-electron chi connectivity index (χ2n) is 4.46. The van der Waals surface area contributed by atoms with E-state index in [1.165, 1.54) is 9.13 Å². The minimum absolute atomic E-state index is 0.660. The number of nitrogens with zero attached hydrogens (tertiary/aromatic N) is 1. The van der Waals surface area contributed by atoms with Gasteiger partial charge in [0.1, 0.15) is 0 Å². The molecule has 0 fully saturated rings. The van der Waals surface area contributed by atoms with Gasteiger partial charge in [0.15, 0.2) is 0 Å². The van der Waals surface area contributed by atoms with Gasteiger partial charge in [-0.1, -0.05) is 35.3 Å². The van der Waals surface area contributed by atoms with Crippen LogP contribution in [0.25, 0.3) is 0 Å². The second-order valence-corrected chi connectivity index (χ2v) is 7.66. The Hall–Kier alpha value is -0.140. The maximum Gasteiger partial charge on any atom is 0.0782 e. The Bertz CT molecular complexity index is 651. The first kappa shape index (κ1) is 14.8. The molecule has 1 aliphatic heterocycles. The van der Waals surface area contributed by atoms with Crippen LogP contribution in [-0.2, 0) is 6.54 Å². The van der Waals surface area contributed by atoms with Crippen LogP contribution >= 0.6 is 57.7 Å². The molecule has 0 saturated heterocycles. The van der Waals surface area contributed by atoms with Crippen molar-refractivity contribution >= 4 is 63.4 Å². The lowest BCUT2D eigenvalue weighted by atomic mass is 10.2. The molecule has 0 atom stereocenters. The van der Waals surface area contributed by atoms with Crippen molar-refractivity contribution in [3.05, 3.63) is 55.6 Å². The molecule has 1 heterocycles. The van der Waals surface area contributed by atoms with E-state index in [1.54, 1.807) is 18.0 Å². The standard InChI is InChI=1S/C14H11Cl2IN2S/c15-10-5-12(16)14-13(6-10)18-8-19(20-14)7-9-2-1-3-11(17)4-9/h1-6,18H,7-8H2. The fraction of sp³-hybridized carbons (Fsp3) is 0.143. The third-order valence-corrected chi connectivity index (χ3v) is 5.36. The normalized spacial score (nSPS) is 14.8. The predicted molar refractivity (Wildman–Crippen MR) is 95.5 cm³/mol. The molecule has 0 spiro atoms. The molecule has 0 bridgehead atoms. The molecule has 0 amide bonds. The summed E-state index contributed by atoms with van der Waals surface area (Å²) in [6.07, 6.45) is 0. The molecule has 0 unspecified atom stereocenters. The summed E-state index contributed by atoms with van der Waals surface area (Å²) in [6, 6.07) is 12.2. The van der Waals surface area contributed by atoms with Gasteiger partial charge in [-0.15, -0.1) is 0 Å². The van der Waals surface area contributed by atoms with Crippen molar-refractivity contribution in [1.29, 1.82) is 0 Å². The first-order chi connectivity index (χ1) is 9.61. The van der Waals surface area contributed by atoms with E-state index in [4.69, 9.17) is 23.2 Å². The van der Waals surface area contributed by atoms with E-state index in [2.05, 4.69) is 56.5 Å². The molecule has 104 valence electrons. The third-order valence-electron chi connectivity index (χ3n) is 2.92. The monoisotopic (exact) mass is 436 g/mol. The lowest BCUT2D eigenvalue weighted by Gasteiger charge is -2.29. The smallest absolute Gasteiger partial charge is 0.0782 e. The molecular formula is C14H11Cl2IN2S. The van der Waals surface area contributed by atoms with Crippen molar-refractivity contribution in [2.45, 2.75) is 11.4 Å². The van der Waals surface area contributed by atoms with Crippen LogP contribution in [0, 0.1) is 3.57 Å². The van der Waals surface area contributed by atoms with Gasteiger partial charge in [0, 0.05) is 15.1 Å². The van der Waals surface area contributed by atoms with Crippen LogP contribution in [0.4, 0.5) is 5.69 Å². The average Bonchev–Trinajstić information content (AvgIpc) is 2.39. The highest BCUT2D eigenvalue weighted by Gasteiger charge is 2.20. The second kappa shape index (κ2) is 6.32. The number of benzene rings is 2. The van der Waals surface area contributed by atoms with Crippen molar-refractivity contribution in [3.8, 4) is 0 Å². The van der Waals surface area contributed by atoms with Crippen molar-refractivity contribution in [2.75, 3.05) is 12.0 Å². The molecule has 2 aromatic carbocycles. The van der Waals surface area contributed by atoms with Crippen molar-refractivity contribution in [3.63, 3.8) is 0 Å². The van der Waals surface area contributed by atoms with E-state index in [0.717, 1.165) is 23.8 Å².